The Morgan fingerprint density at radius 2 is 2.00 bits per heavy atom. The van der Waals surface area contributed by atoms with Crippen LogP contribution in [0.5, 0.6) is 0 Å². The highest BCUT2D eigenvalue weighted by Crippen LogP contribution is 2.23. The van der Waals surface area contributed by atoms with Crippen molar-refractivity contribution in [3.05, 3.63) is 30.3 Å². The number of para-hydroxylation sites is 1. The van der Waals surface area contributed by atoms with E-state index >= 15 is 0 Å². The van der Waals surface area contributed by atoms with E-state index in [2.05, 4.69) is 0 Å². The van der Waals surface area contributed by atoms with Crippen LogP contribution < -0.4 is 4.90 Å². The van der Waals surface area contributed by atoms with Gasteiger partial charge in [0.25, 0.3) is 16.0 Å². The SMILES string of the molecule is CCS(=O)(=O)OC1CCN(c2ccccc2)C1=O. The molecule has 1 aromatic rings. The molecule has 1 aliphatic rings. The van der Waals surface area contributed by atoms with Gasteiger partial charge in [-0.05, 0) is 19.1 Å². The van der Waals surface area contributed by atoms with Crippen LogP contribution >= 0.6 is 0 Å². The van der Waals surface area contributed by atoms with Gasteiger partial charge in [0.15, 0.2) is 6.10 Å². The Kier molecular flexibility index (Phi) is 3.68. The molecule has 1 unspecified atom stereocenters. The zero-order valence-corrected chi connectivity index (χ0v) is 10.9. The largest absolute Gasteiger partial charge is 0.310 e. The summed E-state index contributed by atoms with van der Waals surface area (Å²) in [5.41, 5.74) is 0.766. The van der Waals surface area contributed by atoms with Crippen LogP contribution in [-0.4, -0.2) is 32.7 Å². The highest BCUT2D eigenvalue weighted by Gasteiger charge is 2.36. The van der Waals surface area contributed by atoms with E-state index < -0.39 is 16.2 Å². The second-order valence-electron chi connectivity index (χ2n) is 4.05. The standard InChI is InChI=1S/C12H15NO4S/c1-2-18(15,16)17-11-8-9-13(12(11)14)10-6-4-3-5-7-10/h3-7,11H,2,8-9H2,1H3. The van der Waals surface area contributed by atoms with E-state index in [0.717, 1.165) is 5.69 Å². The molecule has 98 valence electrons. The average molecular weight is 269 g/mol. The molecule has 0 saturated carbocycles. The smallest absolute Gasteiger partial charge is 0.267 e. The zero-order chi connectivity index (χ0) is 13.2. The van der Waals surface area contributed by atoms with E-state index in [9.17, 15) is 13.2 Å². The molecule has 0 aliphatic carbocycles. The van der Waals surface area contributed by atoms with Gasteiger partial charge in [0.05, 0.1) is 5.75 Å². The molecule has 5 nitrogen and oxygen atoms in total. The number of hydrogen-bond donors (Lipinski definition) is 0. The second kappa shape index (κ2) is 5.07. The number of carbonyl (C=O) groups is 1. The minimum atomic E-state index is -3.59. The molecule has 1 saturated heterocycles. The fraction of sp³-hybridized carbons (Fsp3) is 0.417. The number of hydrogen-bond acceptors (Lipinski definition) is 4. The van der Waals surface area contributed by atoms with Crippen LogP contribution in [0.2, 0.25) is 0 Å². The Bertz CT molecular complexity index is 526. The summed E-state index contributed by atoms with van der Waals surface area (Å²) < 4.78 is 27.6. The van der Waals surface area contributed by atoms with Crippen LogP contribution in [0.4, 0.5) is 5.69 Å². The fourth-order valence-corrected chi connectivity index (χ4v) is 2.52. The summed E-state index contributed by atoms with van der Waals surface area (Å²) in [5, 5.41) is 0. The van der Waals surface area contributed by atoms with Crippen molar-refractivity contribution in [3.8, 4) is 0 Å². The average Bonchev–Trinajstić information content (AvgIpc) is 2.72. The van der Waals surface area contributed by atoms with Crippen LogP contribution in [0.1, 0.15) is 13.3 Å². The van der Waals surface area contributed by atoms with Crippen molar-refractivity contribution in [1.29, 1.82) is 0 Å². The third kappa shape index (κ3) is 2.70. The molecular weight excluding hydrogens is 254 g/mol. The van der Waals surface area contributed by atoms with E-state index in [1.54, 1.807) is 4.90 Å². The first kappa shape index (κ1) is 13.0. The summed E-state index contributed by atoms with van der Waals surface area (Å²) >= 11 is 0. The molecule has 0 aromatic heterocycles. The van der Waals surface area contributed by atoms with Crippen molar-refractivity contribution in [1.82, 2.24) is 0 Å². The van der Waals surface area contributed by atoms with Crippen LogP contribution in [0, 0.1) is 0 Å². The quantitative estimate of drug-likeness (QED) is 0.769. The molecule has 1 atom stereocenters. The number of carbonyl (C=O) groups excluding carboxylic acids is 1. The van der Waals surface area contributed by atoms with E-state index in [-0.39, 0.29) is 11.7 Å². The summed E-state index contributed by atoms with van der Waals surface area (Å²) in [6, 6.07) is 9.15. The zero-order valence-electron chi connectivity index (χ0n) is 10.1. The van der Waals surface area contributed by atoms with Gasteiger partial charge in [-0.2, -0.15) is 8.42 Å². The lowest BCUT2D eigenvalue weighted by Gasteiger charge is -2.16. The summed E-state index contributed by atoms with van der Waals surface area (Å²) in [6.45, 7) is 1.97. The molecular formula is C12H15NO4S. The molecule has 1 amide bonds. The normalized spacial score (nSPS) is 20.4. The maximum atomic E-state index is 12.0. The van der Waals surface area contributed by atoms with Gasteiger partial charge in [-0.25, -0.2) is 0 Å². The highest BCUT2D eigenvalue weighted by atomic mass is 32.2. The van der Waals surface area contributed by atoms with E-state index in [1.165, 1.54) is 6.92 Å². The summed E-state index contributed by atoms with van der Waals surface area (Å²) in [6.07, 6.45) is -0.484. The molecule has 1 aliphatic heterocycles. The van der Waals surface area contributed by atoms with Gasteiger partial charge >= 0.3 is 0 Å². The first-order valence-electron chi connectivity index (χ1n) is 5.81. The minimum Gasteiger partial charge on any atom is -0.310 e. The van der Waals surface area contributed by atoms with Gasteiger partial charge in [-0.1, -0.05) is 18.2 Å². The maximum absolute atomic E-state index is 12.0. The van der Waals surface area contributed by atoms with Crippen molar-refractivity contribution >= 4 is 21.7 Å². The van der Waals surface area contributed by atoms with Gasteiger partial charge in [0, 0.05) is 18.7 Å². The van der Waals surface area contributed by atoms with E-state index in [0.29, 0.717) is 13.0 Å². The molecule has 0 radical (unpaired) electrons. The van der Waals surface area contributed by atoms with Crippen LogP contribution in [-0.2, 0) is 19.1 Å². The Labute approximate surface area is 106 Å². The van der Waals surface area contributed by atoms with Crippen molar-refractivity contribution in [2.75, 3.05) is 17.2 Å². The van der Waals surface area contributed by atoms with Crippen molar-refractivity contribution in [2.45, 2.75) is 19.4 Å². The van der Waals surface area contributed by atoms with Crippen molar-refractivity contribution in [2.24, 2.45) is 0 Å². The molecule has 1 aromatic carbocycles. The fourth-order valence-electron chi connectivity index (χ4n) is 1.85. The predicted octanol–water partition coefficient (Wildman–Crippen LogP) is 1.16. The Morgan fingerprint density at radius 3 is 2.61 bits per heavy atom. The third-order valence-electron chi connectivity index (χ3n) is 2.84. The predicted molar refractivity (Wildman–Crippen MR) is 67.7 cm³/mol. The van der Waals surface area contributed by atoms with E-state index in [4.69, 9.17) is 4.18 Å². The lowest BCUT2D eigenvalue weighted by molar-refractivity contribution is -0.122. The monoisotopic (exact) mass is 269 g/mol. The summed E-state index contributed by atoms with van der Waals surface area (Å²) in [5.74, 6) is -0.416. The number of benzene rings is 1. The third-order valence-corrected chi connectivity index (χ3v) is 4.07. The first-order chi connectivity index (χ1) is 8.53. The highest BCUT2D eigenvalue weighted by molar-refractivity contribution is 7.86. The number of rotatable bonds is 4. The maximum Gasteiger partial charge on any atom is 0.267 e. The second-order valence-corrected chi connectivity index (χ2v) is 5.93. The van der Waals surface area contributed by atoms with Gasteiger partial charge in [-0.15, -0.1) is 0 Å². The van der Waals surface area contributed by atoms with E-state index in [1.807, 2.05) is 30.3 Å². The first-order valence-corrected chi connectivity index (χ1v) is 7.38. The molecule has 0 spiro atoms. The molecule has 2 rings (SSSR count). The van der Waals surface area contributed by atoms with Gasteiger partial charge in [0.1, 0.15) is 0 Å². The molecule has 0 bridgehead atoms. The number of amides is 1. The van der Waals surface area contributed by atoms with Gasteiger partial charge in [-0.3, -0.25) is 8.98 Å². The molecule has 18 heavy (non-hydrogen) atoms. The topological polar surface area (TPSA) is 63.7 Å². The van der Waals surface area contributed by atoms with Crippen LogP contribution in [0.15, 0.2) is 30.3 Å². The van der Waals surface area contributed by atoms with Crippen LogP contribution in [0.3, 0.4) is 0 Å². The lowest BCUT2D eigenvalue weighted by Crippen LogP contribution is -2.32. The molecule has 1 heterocycles. The summed E-state index contributed by atoms with van der Waals surface area (Å²) in [7, 11) is -3.59. The number of nitrogens with zero attached hydrogens (tertiary/aromatic N) is 1. The molecule has 1 fully saturated rings. The lowest BCUT2D eigenvalue weighted by atomic mass is 10.3. The Hall–Kier alpha value is -1.40. The van der Waals surface area contributed by atoms with Gasteiger partial charge < -0.3 is 4.90 Å². The van der Waals surface area contributed by atoms with Crippen molar-refractivity contribution in [3.63, 3.8) is 0 Å². The van der Waals surface area contributed by atoms with Gasteiger partial charge in [0.2, 0.25) is 0 Å². The minimum absolute atomic E-state index is 0.123. The Morgan fingerprint density at radius 1 is 1.33 bits per heavy atom. The Balaban J connectivity index is 2.11. The molecule has 6 heteroatoms. The summed E-state index contributed by atoms with van der Waals surface area (Å²) in [4.78, 5) is 13.6. The number of anilines is 1. The van der Waals surface area contributed by atoms with Crippen molar-refractivity contribution < 1.29 is 17.4 Å². The molecule has 0 N–H and O–H groups in total. The van der Waals surface area contributed by atoms with Crippen LogP contribution in [0.25, 0.3) is 0 Å².